The zero-order chi connectivity index (χ0) is 12.8. The molecule has 1 rings (SSSR count). The summed E-state index contributed by atoms with van der Waals surface area (Å²) < 4.78 is 13.1. The highest BCUT2D eigenvalue weighted by Crippen LogP contribution is 2.18. The second kappa shape index (κ2) is 6.48. The van der Waals surface area contributed by atoms with Crippen molar-refractivity contribution in [1.82, 2.24) is 0 Å². The maximum atomic E-state index is 13.1. The molecule has 0 aliphatic rings. The fourth-order valence-electron chi connectivity index (χ4n) is 1.88. The second-order valence-electron chi connectivity index (χ2n) is 5.14. The molecule has 0 bridgehead atoms. The van der Waals surface area contributed by atoms with E-state index in [4.69, 9.17) is 5.73 Å². The Balaban J connectivity index is 2.42. The van der Waals surface area contributed by atoms with Gasteiger partial charge < -0.3 is 11.1 Å². The molecule has 0 aromatic heterocycles. The molecule has 1 aromatic carbocycles. The maximum absolute atomic E-state index is 13.1. The third-order valence-electron chi connectivity index (χ3n) is 2.75. The SMILES string of the molecule is CC(C)CCCC(C)Nc1cc(N)cc(F)c1. The Kier molecular flexibility index (Phi) is 5.26. The average molecular weight is 238 g/mol. The molecule has 1 aromatic rings. The molecular weight excluding hydrogens is 215 g/mol. The molecule has 0 amide bonds. The van der Waals surface area contributed by atoms with Crippen LogP contribution in [0.4, 0.5) is 15.8 Å². The molecule has 96 valence electrons. The van der Waals surface area contributed by atoms with E-state index < -0.39 is 0 Å². The lowest BCUT2D eigenvalue weighted by atomic mass is 10.0. The number of nitrogen functional groups attached to an aromatic ring is 1. The van der Waals surface area contributed by atoms with Gasteiger partial charge in [0, 0.05) is 17.4 Å². The number of benzene rings is 1. The average Bonchev–Trinajstić information content (AvgIpc) is 2.14. The van der Waals surface area contributed by atoms with Gasteiger partial charge in [0.05, 0.1) is 0 Å². The van der Waals surface area contributed by atoms with Gasteiger partial charge >= 0.3 is 0 Å². The summed E-state index contributed by atoms with van der Waals surface area (Å²) >= 11 is 0. The van der Waals surface area contributed by atoms with Gasteiger partial charge in [-0.25, -0.2) is 4.39 Å². The van der Waals surface area contributed by atoms with Crippen LogP contribution in [0.1, 0.15) is 40.0 Å². The number of anilines is 2. The van der Waals surface area contributed by atoms with Crippen molar-refractivity contribution in [1.29, 1.82) is 0 Å². The normalized spacial score (nSPS) is 12.8. The van der Waals surface area contributed by atoms with E-state index in [9.17, 15) is 4.39 Å². The largest absolute Gasteiger partial charge is 0.399 e. The van der Waals surface area contributed by atoms with Crippen LogP contribution in [0, 0.1) is 11.7 Å². The molecule has 17 heavy (non-hydrogen) atoms. The fourth-order valence-corrected chi connectivity index (χ4v) is 1.88. The Bertz CT molecular complexity index is 330. The minimum absolute atomic E-state index is 0.290. The van der Waals surface area contributed by atoms with Crippen LogP contribution >= 0.6 is 0 Å². The van der Waals surface area contributed by atoms with Crippen LogP contribution in [-0.2, 0) is 0 Å². The first-order chi connectivity index (χ1) is 7.97. The highest BCUT2D eigenvalue weighted by Gasteiger charge is 2.04. The molecule has 3 heteroatoms. The molecule has 1 unspecified atom stereocenters. The van der Waals surface area contributed by atoms with Gasteiger partial charge in [-0.15, -0.1) is 0 Å². The summed E-state index contributed by atoms with van der Waals surface area (Å²) in [7, 11) is 0. The van der Waals surface area contributed by atoms with E-state index >= 15 is 0 Å². The lowest BCUT2D eigenvalue weighted by Crippen LogP contribution is -2.15. The van der Waals surface area contributed by atoms with Gasteiger partial charge in [0.15, 0.2) is 0 Å². The number of nitrogens with two attached hydrogens (primary N) is 1. The number of rotatable bonds is 6. The van der Waals surface area contributed by atoms with Crippen molar-refractivity contribution in [2.45, 2.75) is 46.1 Å². The molecule has 3 N–H and O–H groups in total. The first-order valence-electron chi connectivity index (χ1n) is 6.30. The lowest BCUT2D eigenvalue weighted by Gasteiger charge is -2.16. The summed E-state index contributed by atoms with van der Waals surface area (Å²) in [5.74, 6) is 0.453. The quantitative estimate of drug-likeness (QED) is 0.734. The zero-order valence-electron chi connectivity index (χ0n) is 11.0. The van der Waals surface area contributed by atoms with E-state index in [-0.39, 0.29) is 5.82 Å². The van der Waals surface area contributed by atoms with Crippen molar-refractivity contribution < 1.29 is 4.39 Å². The summed E-state index contributed by atoms with van der Waals surface area (Å²) in [5.41, 5.74) is 6.82. The molecule has 1 atom stereocenters. The third kappa shape index (κ3) is 5.57. The second-order valence-corrected chi connectivity index (χ2v) is 5.14. The van der Waals surface area contributed by atoms with Crippen LogP contribution in [0.15, 0.2) is 18.2 Å². The van der Waals surface area contributed by atoms with Gasteiger partial charge in [-0.3, -0.25) is 0 Å². The Labute approximate surface area is 103 Å². The van der Waals surface area contributed by atoms with Crippen molar-refractivity contribution in [3.8, 4) is 0 Å². The Hall–Kier alpha value is -1.25. The van der Waals surface area contributed by atoms with Gasteiger partial charge in [-0.2, -0.15) is 0 Å². The number of hydrogen-bond donors (Lipinski definition) is 2. The topological polar surface area (TPSA) is 38.0 Å². The molecule has 0 heterocycles. The smallest absolute Gasteiger partial charge is 0.127 e. The van der Waals surface area contributed by atoms with Crippen molar-refractivity contribution in [3.63, 3.8) is 0 Å². The van der Waals surface area contributed by atoms with Gasteiger partial charge in [0.1, 0.15) is 5.82 Å². The Morgan fingerprint density at radius 1 is 1.18 bits per heavy atom. The number of halogens is 1. The summed E-state index contributed by atoms with van der Waals surface area (Å²) in [4.78, 5) is 0. The van der Waals surface area contributed by atoms with E-state index in [2.05, 4.69) is 26.1 Å². The Morgan fingerprint density at radius 2 is 1.88 bits per heavy atom. The first-order valence-corrected chi connectivity index (χ1v) is 6.30. The molecule has 0 saturated carbocycles. The summed E-state index contributed by atoms with van der Waals surface area (Å²) in [6.07, 6.45) is 3.52. The van der Waals surface area contributed by atoms with E-state index in [0.717, 1.165) is 18.0 Å². The number of nitrogens with one attached hydrogen (secondary N) is 1. The maximum Gasteiger partial charge on any atom is 0.127 e. The molecule has 0 radical (unpaired) electrons. The van der Waals surface area contributed by atoms with Gasteiger partial charge in [-0.1, -0.05) is 26.7 Å². The van der Waals surface area contributed by atoms with Crippen LogP contribution in [-0.4, -0.2) is 6.04 Å². The molecule has 0 aliphatic carbocycles. The highest BCUT2D eigenvalue weighted by molar-refractivity contribution is 5.54. The molecule has 0 fully saturated rings. The van der Waals surface area contributed by atoms with Crippen LogP contribution in [0.5, 0.6) is 0 Å². The van der Waals surface area contributed by atoms with Crippen LogP contribution in [0.25, 0.3) is 0 Å². The summed E-state index contributed by atoms with van der Waals surface area (Å²) in [5, 5.41) is 3.28. The standard InChI is InChI=1S/C14H23FN2/c1-10(2)5-4-6-11(3)17-14-8-12(15)7-13(16)9-14/h7-11,17H,4-6,16H2,1-3H3. The van der Waals surface area contributed by atoms with E-state index in [1.165, 1.54) is 25.0 Å². The van der Waals surface area contributed by atoms with Crippen LogP contribution in [0.2, 0.25) is 0 Å². The van der Waals surface area contributed by atoms with Gasteiger partial charge in [0.2, 0.25) is 0 Å². The van der Waals surface area contributed by atoms with Gasteiger partial charge in [-0.05, 0) is 37.5 Å². The minimum Gasteiger partial charge on any atom is -0.399 e. The predicted molar refractivity (Wildman–Crippen MR) is 72.6 cm³/mol. The van der Waals surface area contributed by atoms with E-state index in [1.807, 2.05) is 0 Å². The van der Waals surface area contributed by atoms with E-state index in [1.54, 1.807) is 6.07 Å². The van der Waals surface area contributed by atoms with Crippen molar-refractivity contribution in [2.75, 3.05) is 11.1 Å². The Morgan fingerprint density at radius 3 is 2.47 bits per heavy atom. The molecule has 0 saturated heterocycles. The third-order valence-corrected chi connectivity index (χ3v) is 2.75. The van der Waals surface area contributed by atoms with Crippen molar-refractivity contribution >= 4 is 11.4 Å². The fraction of sp³-hybridized carbons (Fsp3) is 0.571. The monoisotopic (exact) mass is 238 g/mol. The predicted octanol–water partition coefficient (Wildman–Crippen LogP) is 4.03. The van der Waals surface area contributed by atoms with Crippen molar-refractivity contribution in [3.05, 3.63) is 24.0 Å². The van der Waals surface area contributed by atoms with Crippen LogP contribution < -0.4 is 11.1 Å². The van der Waals surface area contributed by atoms with Crippen LogP contribution in [0.3, 0.4) is 0 Å². The minimum atomic E-state index is -0.290. The highest BCUT2D eigenvalue weighted by atomic mass is 19.1. The zero-order valence-corrected chi connectivity index (χ0v) is 11.0. The lowest BCUT2D eigenvalue weighted by molar-refractivity contribution is 0.520. The van der Waals surface area contributed by atoms with E-state index in [0.29, 0.717) is 11.7 Å². The van der Waals surface area contributed by atoms with Gasteiger partial charge in [0.25, 0.3) is 0 Å². The summed E-state index contributed by atoms with van der Waals surface area (Å²) in [6.45, 7) is 6.57. The first kappa shape index (κ1) is 13.8. The van der Waals surface area contributed by atoms with Crippen molar-refractivity contribution in [2.24, 2.45) is 5.92 Å². The summed E-state index contributed by atoms with van der Waals surface area (Å²) in [6, 6.07) is 4.92. The molecule has 2 nitrogen and oxygen atoms in total. The number of hydrogen-bond acceptors (Lipinski definition) is 2. The molecule has 0 spiro atoms. The molecular formula is C14H23FN2. The molecule has 0 aliphatic heterocycles.